The Kier molecular flexibility index (Phi) is 7.02. The summed E-state index contributed by atoms with van der Waals surface area (Å²) in [7, 11) is 1.52. The van der Waals surface area contributed by atoms with Gasteiger partial charge in [-0.05, 0) is 49.7 Å². The van der Waals surface area contributed by atoms with Gasteiger partial charge in [-0.3, -0.25) is 9.59 Å². The number of hydrogen-bond acceptors (Lipinski definition) is 4. The number of ether oxygens (including phenoxy) is 2. The number of para-hydroxylation sites is 1. The van der Waals surface area contributed by atoms with Gasteiger partial charge in [0.25, 0.3) is 11.8 Å². The van der Waals surface area contributed by atoms with Gasteiger partial charge in [-0.1, -0.05) is 19.1 Å². The van der Waals surface area contributed by atoms with Crippen LogP contribution in [-0.4, -0.2) is 31.6 Å². The maximum atomic E-state index is 12.3. The van der Waals surface area contributed by atoms with Crippen molar-refractivity contribution in [2.75, 3.05) is 19.0 Å². The number of nitrogens with one attached hydrogen (secondary N) is 2. The summed E-state index contributed by atoms with van der Waals surface area (Å²) >= 11 is 0. The minimum atomic E-state index is -0.260. The third kappa shape index (κ3) is 5.51. The lowest BCUT2D eigenvalue weighted by Crippen LogP contribution is -2.35. The molecule has 0 bridgehead atoms. The fourth-order valence-corrected chi connectivity index (χ4v) is 2.23. The second-order valence-corrected chi connectivity index (χ2v) is 5.84. The fourth-order valence-electron chi connectivity index (χ4n) is 2.23. The fraction of sp³-hybridized carbons (Fsp3) is 0.300. The number of methoxy groups -OCH3 is 1. The summed E-state index contributed by atoms with van der Waals surface area (Å²) in [5.41, 5.74) is 1.08. The van der Waals surface area contributed by atoms with Gasteiger partial charge in [0.1, 0.15) is 11.5 Å². The molecular formula is C20H24N2O4. The summed E-state index contributed by atoms with van der Waals surface area (Å²) in [6.07, 6.45) is 0.867. The number of carbonyl (C=O) groups excluding carboxylic acids is 2. The van der Waals surface area contributed by atoms with E-state index in [0.717, 1.165) is 6.42 Å². The molecule has 2 rings (SSSR count). The Bertz CT molecular complexity index is 744. The molecule has 0 saturated heterocycles. The van der Waals surface area contributed by atoms with Crippen LogP contribution in [0, 0.1) is 0 Å². The van der Waals surface area contributed by atoms with Gasteiger partial charge in [0.2, 0.25) is 0 Å². The first-order chi connectivity index (χ1) is 12.5. The van der Waals surface area contributed by atoms with Crippen LogP contribution < -0.4 is 20.1 Å². The SMILES string of the molecule is CC[C@@H](C)NC(=O)COc1ccc(NC(=O)c2ccccc2OC)cc1. The highest BCUT2D eigenvalue weighted by Gasteiger charge is 2.12. The van der Waals surface area contributed by atoms with Crippen LogP contribution in [0.15, 0.2) is 48.5 Å². The van der Waals surface area contributed by atoms with Gasteiger partial charge in [-0.2, -0.15) is 0 Å². The van der Waals surface area contributed by atoms with Crippen molar-refractivity contribution in [2.24, 2.45) is 0 Å². The second-order valence-electron chi connectivity index (χ2n) is 5.84. The highest BCUT2D eigenvalue weighted by Crippen LogP contribution is 2.20. The number of carbonyl (C=O) groups is 2. The lowest BCUT2D eigenvalue weighted by atomic mass is 10.2. The lowest BCUT2D eigenvalue weighted by molar-refractivity contribution is -0.123. The van der Waals surface area contributed by atoms with Gasteiger partial charge < -0.3 is 20.1 Å². The van der Waals surface area contributed by atoms with Crippen molar-refractivity contribution in [3.8, 4) is 11.5 Å². The summed E-state index contributed by atoms with van der Waals surface area (Å²) in [6.45, 7) is 3.90. The van der Waals surface area contributed by atoms with Crippen molar-refractivity contribution >= 4 is 17.5 Å². The van der Waals surface area contributed by atoms with Crippen LogP contribution in [0.5, 0.6) is 11.5 Å². The Hall–Kier alpha value is -3.02. The van der Waals surface area contributed by atoms with Crippen LogP contribution in [0.4, 0.5) is 5.69 Å². The van der Waals surface area contributed by atoms with Crippen molar-refractivity contribution in [3.05, 3.63) is 54.1 Å². The van der Waals surface area contributed by atoms with Crippen LogP contribution in [0.25, 0.3) is 0 Å². The smallest absolute Gasteiger partial charge is 0.259 e. The zero-order chi connectivity index (χ0) is 18.9. The van der Waals surface area contributed by atoms with Crippen molar-refractivity contribution < 1.29 is 19.1 Å². The van der Waals surface area contributed by atoms with E-state index in [1.807, 2.05) is 13.8 Å². The lowest BCUT2D eigenvalue weighted by Gasteiger charge is -2.12. The Morgan fingerprint density at radius 1 is 1.08 bits per heavy atom. The molecule has 0 fully saturated rings. The molecule has 0 spiro atoms. The molecule has 6 heteroatoms. The molecule has 1 atom stereocenters. The van der Waals surface area contributed by atoms with Crippen molar-refractivity contribution in [1.82, 2.24) is 5.32 Å². The Morgan fingerprint density at radius 2 is 1.77 bits per heavy atom. The van der Waals surface area contributed by atoms with Crippen LogP contribution in [-0.2, 0) is 4.79 Å². The van der Waals surface area contributed by atoms with Crippen LogP contribution in [0.1, 0.15) is 30.6 Å². The minimum Gasteiger partial charge on any atom is -0.496 e. The summed E-state index contributed by atoms with van der Waals surface area (Å²) in [4.78, 5) is 24.1. The molecule has 2 N–H and O–H groups in total. The van der Waals surface area contributed by atoms with Gasteiger partial charge in [0.15, 0.2) is 6.61 Å². The molecule has 2 amide bonds. The van der Waals surface area contributed by atoms with Crippen molar-refractivity contribution in [2.45, 2.75) is 26.3 Å². The van der Waals surface area contributed by atoms with Gasteiger partial charge >= 0.3 is 0 Å². The average Bonchev–Trinajstić information content (AvgIpc) is 2.67. The number of amides is 2. The molecular weight excluding hydrogens is 332 g/mol. The normalized spacial score (nSPS) is 11.3. The van der Waals surface area contributed by atoms with Crippen molar-refractivity contribution in [3.63, 3.8) is 0 Å². The summed E-state index contributed by atoms with van der Waals surface area (Å²) in [6, 6.07) is 14.0. The van der Waals surface area contributed by atoms with E-state index in [1.165, 1.54) is 7.11 Å². The van der Waals surface area contributed by atoms with E-state index in [-0.39, 0.29) is 24.5 Å². The largest absolute Gasteiger partial charge is 0.496 e. The zero-order valence-electron chi connectivity index (χ0n) is 15.2. The quantitative estimate of drug-likeness (QED) is 0.761. The Balaban J connectivity index is 1.91. The van der Waals surface area contributed by atoms with E-state index in [2.05, 4.69) is 10.6 Å². The first-order valence-electron chi connectivity index (χ1n) is 8.50. The third-order valence-corrected chi connectivity index (χ3v) is 3.85. The molecule has 6 nitrogen and oxygen atoms in total. The molecule has 26 heavy (non-hydrogen) atoms. The standard InChI is InChI=1S/C20H24N2O4/c1-4-14(2)21-19(23)13-26-16-11-9-15(10-12-16)22-20(24)17-7-5-6-8-18(17)25-3/h5-12,14H,4,13H2,1-3H3,(H,21,23)(H,22,24)/t14-/m1/s1. The number of rotatable bonds is 8. The molecule has 0 saturated carbocycles. The van der Waals surface area contributed by atoms with E-state index >= 15 is 0 Å². The molecule has 0 heterocycles. The van der Waals surface area contributed by atoms with Crippen LogP contribution in [0.2, 0.25) is 0 Å². The van der Waals surface area contributed by atoms with Crippen molar-refractivity contribution in [1.29, 1.82) is 0 Å². The van der Waals surface area contributed by atoms with E-state index < -0.39 is 0 Å². The molecule has 138 valence electrons. The minimum absolute atomic E-state index is 0.0444. The predicted octanol–water partition coefficient (Wildman–Crippen LogP) is 3.24. The second kappa shape index (κ2) is 9.46. The molecule has 0 aliphatic heterocycles. The third-order valence-electron chi connectivity index (χ3n) is 3.85. The number of hydrogen-bond donors (Lipinski definition) is 2. The maximum Gasteiger partial charge on any atom is 0.259 e. The average molecular weight is 356 g/mol. The van der Waals surface area contributed by atoms with Gasteiger partial charge in [0, 0.05) is 11.7 Å². The molecule has 0 radical (unpaired) electrons. The van der Waals surface area contributed by atoms with E-state index in [0.29, 0.717) is 22.7 Å². The maximum absolute atomic E-state index is 12.3. The Morgan fingerprint density at radius 3 is 2.42 bits per heavy atom. The molecule has 2 aromatic carbocycles. The zero-order valence-corrected chi connectivity index (χ0v) is 15.2. The molecule has 2 aromatic rings. The first kappa shape index (κ1) is 19.3. The number of anilines is 1. The molecule has 0 aromatic heterocycles. The van der Waals surface area contributed by atoms with E-state index in [4.69, 9.17) is 9.47 Å². The van der Waals surface area contributed by atoms with Crippen LogP contribution in [0.3, 0.4) is 0 Å². The van der Waals surface area contributed by atoms with Crippen LogP contribution >= 0.6 is 0 Å². The molecule has 0 aliphatic carbocycles. The van der Waals surface area contributed by atoms with E-state index in [1.54, 1.807) is 48.5 Å². The van der Waals surface area contributed by atoms with Gasteiger partial charge in [-0.25, -0.2) is 0 Å². The number of benzene rings is 2. The summed E-state index contributed by atoms with van der Waals surface area (Å²) in [5, 5.41) is 5.64. The van der Waals surface area contributed by atoms with E-state index in [9.17, 15) is 9.59 Å². The molecule has 0 unspecified atom stereocenters. The monoisotopic (exact) mass is 356 g/mol. The topological polar surface area (TPSA) is 76.7 Å². The summed E-state index contributed by atoms with van der Waals surface area (Å²) in [5.74, 6) is 0.647. The highest BCUT2D eigenvalue weighted by atomic mass is 16.5. The molecule has 0 aliphatic rings. The Labute approximate surface area is 153 Å². The van der Waals surface area contributed by atoms with Gasteiger partial charge in [-0.15, -0.1) is 0 Å². The van der Waals surface area contributed by atoms with Gasteiger partial charge in [0.05, 0.1) is 12.7 Å². The summed E-state index contributed by atoms with van der Waals surface area (Å²) < 4.78 is 10.6. The highest BCUT2D eigenvalue weighted by molar-refractivity contribution is 6.06. The predicted molar refractivity (Wildman–Crippen MR) is 101 cm³/mol. The first-order valence-corrected chi connectivity index (χ1v) is 8.50.